The third-order valence-corrected chi connectivity index (χ3v) is 21.2. The number of ether oxygens (including phenoxy) is 4. The molecule has 3 unspecified atom stereocenters. The Hall–Kier alpha value is -1.94. The lowest BCUT2D eigenvalue weighted by molar-refractivity contribution is -0.161. The van der Waals surface area contributed by atoms with Crippen molar-refractivity contribution in [2.24, 2.45) is 11.8 Å². The van der Waals surface area contributed by atoms with Crippen LogP contribution in [0.15, 0.2) is 0 Å². The van der Waals surface area contributed by atoms with E-state index in [2.05, 4.69) is 41.5 Å². The molecule has 0 aromatic rings. The molecule has 0 spiro atoms. The van der Waals surface area contributed by atoms with Gasteiger partial charge in [0.15, 0.2) is 12.2 Å². The summed E-state index contributed by atoms with van der Waals surface area (Å²) < 4.78 is 68.7. The molecule has 0 fully saturated rings. The molecule has 100 heavy (non-hydrogen) atoms. The van der Waals surface area contributed by atoms with Gasteiger partial charge in [-0.15, -0.1) is 0 Å². The fraction of sp³-hybridized carbons (Fsp3) is 0.951. The van der Waals surface area contributed by atoms with Crippen LogP contribution in [0.2, 0.25) is 0 Å². The fourth-order valence-corrected chi connectivity index (χ4v) is 14.1. The molecule has 0 amide bonds. The monoisotopic (exact) mass is 1470 g/mol. The number of aliphatic hydroxyl groups is 1. The number of phosphoric ester groups is 2. The van der Waals surface area contributed by atoms with E-state index in [1.54, 1.807) is 0 Å². The SMILES string of the molecule is CCCCCCCCCCCCCCCCCCC(=O)OC[C@H](COP(=O)(O)OC[C@@H](O)COP(=O)(O)OC[C@@H](COC(=O)CCCCCCCCC(C)CC)OC(=O)CCCCCCCCCCCCCCC)OC(=O)CCCCCCCCCCCCCCCCCCCCC(C)C. The van der Waals surface area contributed by atoms with Gasteiger partial charge in [0.2, 0.25) is 0 Å². The molecule has 3 N–H and O–H groups in total. The summed E-state index contributed by atoms with van der Waals surface area (Å²) in [5, 5.41) is 10.6. The first-order valence-electron chi connectivity index (χ1n) is 42.0. The Morgan fingerprint density at radius 3 is 0.760 bits per heavy atom. The van der Waals surface area contributed by atoms with Gasteiger partial charge in [0.05, 0.1) is 26.4 Å². The van der Waals surface area contributed by atoms with E-state index < -0.39 is 97.5 Å². The lowest BCUT2D eigenvalue weighted by Crippen LogP contribution is -2.30. The number of hydrogen-bond acceptors (Lipinski definition) is 15. The van der Waals surface area contributed by atoms with E-state index in [1.165, 1.54) is 238 Å². The van der Waals surface area contributed by atoms with Crippen LogP contribution < -0.4 is 0 Å². The van der Waals surface area contributed by atoms with Gasteiger partial charge in [-0.1, -0.05) is 375 Å². The van der Waals surface area contributed by atoms with Gasteiger partial charge in [0.1, 0.15) is 19.3 Å². The van der Waals surface area contributed by atoms with Gasteiger partial charge in [-0.25, -0.2) is 9.13 Å². The molecule has 0 aliphatic rings. The molecule has 0 heterocycles. The van der Waals surface area contributed by atoms with Crippen molar-refractivity contribution in [3.8, 4) is 0 Å². The number of hydrogen-bond donors (Lipinski definition) is 3. The molecule has 0 bridgehead atoms. The Morgan fingerprint density at radius 2 is 0.510 bits per heavy atom. The van der Waals surface area contributed by atoms with Crippen molar-refractivity contribution in [2.75, 3.05) is 39.6 Å². The highest BCUT2D eigenvalue weighted by molar-refractivity contribution is 7.47. The smallest absolute Gasteiger partial charge is 0.462 e. The van der Waals surface area contributed by atoms with Crippen LogP contribution >= 0.6 is 15.6 Å². The number of aliphatic hydroxyl groups excluding tert-OH is 1. The van der Waals surface area contributed by atoms with Crippen molar-refractivity contribution in [1.82, 2.24) is 0 Å². The number of esters is 4. The van der Waals surface area contributed by atoms with E-state index in [0.29, 0.717) is 25.7 Å². The first kappa shape index (κ1) is 98.1. The predicted molar refractivity (Wildman–Crippen MR) is 409 cm³/mol. The maximum absolute atomic E-state index is 13.1. The summed E-state index contributed by atoms with van der Waals surface area (Å²) in [4.78, 5) is 73.0. The topological polar surface area (TPSA) is 237 Å². The second-order valence-corrected chi connectivity index (χ2v) is 32.8. The third kappa shape index (κ3) is 73.0. The van der Waals surface area contributed by atoms with Crippen LogP contribution in [0.25, 0.3) is 0 Å². The van der Waals surface area contributed by atoms with Crippen LogP contribution in [0, 0.1) is 11.8 Å². The minimum Gasteiger partial charge on any atom is -0.462 e. The van der Waals surface area contributed by atoms with E-state index in [1.807, 2.05) is 0 Å². The lowest BCUT2D eigenvalue weighted by atomic mass is 10.00. The minimum absolute atomic E-state index is 0.107. The Bertz CT molecular complexity index is 1930. The number of carbonyl (C=O) groups excluding carboxylic acids is 4. The van der Waals surface area contributed by atoms with Crippen molar-refractivity contribution in [2.45, 2.75) is 445 Å². The standard InChI is InChI=1S/C81H158O17P2/c1-7-10-12-14-16-18-20-22-23-29-33-36-40-44-51-57-63-78(83)91-69-76(97-80(85)66-60-54-46-42-38-34-30-27-25-24-26-28-32-35-39-43-49-55-61-73(4)5)71-95-99(87,88)93-67-75(82)68-94-100(89,90)96-72-77(70-92-79(84)64-58-52-48-47-50-56-62-74(6)9-3)98-81(86)65-59-53-45-41-37-31-21-19-17-15-13-11-8-2/h73-77,82H,7-72H2,1-6H3,(H,87,88)(H,89,90)/t74?,75-,76-,77-/m1/s1. The molecule has 6 atom stereocenters. The van der Waals surface area contributed by atoms with Crippen molar-refractivity contribution < 1.29 is 80.2 Å². The molecular formula is C81H158O17P2. The second kappa shape index (κ2) is 72.6. The van der Waals surface area contributed by atoms with Gasteiger partial charge in [0.25, 0.3) is 0 Å². The molecule has 19 heteroatoms. The maximum atomic E-state index is 13.1. The molecule has 0 radical (unpaired) electrons. The molecule has 0 aliphatic heterocycles. The van der Waals surface area contributed by atoms with Crippen molar-refractivity contribution in [1.29, 1.82) is 0 Å². The summed E-state index contributed by atoms with van der Waals surface area (Å²) in [5.41, 5.74) is 0. The first-order chi connectivity index (χ1) is 48.4. The molecule has 594 valence electrons. The molecule has 0 aromatic heterocycles. The summed E-state index contributed by atoms with van der Waals surface area (Å²) in [5.74, 6) is -0.557. The summed E-state index contributed by atoms with van der Waals surface area (Å²) in [6, 6.07) is 0. The molecule has 0 rings (SSSR count). The lowest BCUT2D eigenvalue weighted by Gasteiger charge is -2.21. The zero-order chi connectivity index (χ0) is 73.5. The van der Waals surface area contributed by atoms with E-state index in [4.69, 9.17) is 37.0 Å². The first-order valence-corrected chi connectivity index (χ1v) is 45.0. The van der Waals surface area contributed by atoms with Crippen LogP contribution in [-0.2, 0) is 65.4 Å². The molecule has 0 saturated heterocycles. The molecule has 17 nitrogen and oxygen atoms in total. The van der Waals surface area contributed by atoms with E-state index in [0.717, 1.165) is 108 Å². The summed E-state index contributed by atoms with van der Waals surface area (Å²) >= 11 is 0. The van der Waals surface area contributed by atoms with Gasteiger partial charge < -0.3 is 33.8 Å². The predicted octanol–water partition coefficient (Wildman–Crippen LogP) is 24.3. The summed E-state index contributed by atoms with van der Waals surface area (Å²) in [6.45, 7) is 9.63. The Labute approximate surface area is 613 Å². The van der Waals surface area contributed by atoms with Gasteiger partial charge in [0, 0.05) is 25.7 Å². The van der Waals surface area contributed by atoms with Crippen LogP contribution in [0.3, 0.4) is 0 Å². The zero-order valence-corrected chi connectivity index (χ0v) is 67.3. The molecule has 0 aromatic carbocycles. The van der Waals surface area contributed by atoms with Crippen LogP contribution in [0.1, 0.15) is 427 Å². The second-order valence-electron chi connectivity index (χ2n) is 29.9. The number of phosphoric acid groups is 2. The molecule has 0 saturated carbocycles. The van der Waals surface area contributed by atoms with E-state index >= 15 is 0 Å². The molecular weight excluding hydrogens is 1310 g/mol. The maximum Gasteiger partial charge on any atom is 0.472 e. The quantitative estimate of drug-likeness (QED) is 0.0222. The Morgan fingerprint density at radius 1 is 0.290 bits per heavy atom. The summed E-state index contributed by atoms with van der Waals surface area (Å²) in [7, 11) is -9.92. The van der Waals surface area contributed by atoms with E-state index in [-0.39, 0.29) is 25.7 Å². The van der Waals surface area contributed by atoms with Crippen molar-refractivity contribution in [3.05, 3.63) is 0 Å². The van der Waals surface area contributed by atoms with Gasteiger partial charge in [-0.3, -0.25) is 37.3 Å². The van der Waals surface area contributed by atoms with E-state index in [9.17, 15) is 43.2 Å². The van der Waals surface area contributed by atoms with Gasteiger partial charge in [-0.05, 0) is 37.5 Å². The number of rotatable bonds is 80. The average Bonchev–Trinajstić information content (AvgIpc) is 0.998. The fourth-order valence-electron chi connectivity index (χ4n) is 12.5. The number of carbonyl (C=O) groups is 4. The van der Waals surface area contributed by atoms with Gasteiger partial charge >= 0.3 is 39.5 Å². The summed E-state index contributed by atoms with van der Waals surface area (Å²) in [6.07, 6.45) is 62.5. The highest BCUT2D eigenvalue weighted by Gasteiger charge is 2.30. The average molecular weight is 1470 g/mol. The highest BCUT2D eigenvalue weighted by atomic mass is 31.2. The Balaban J connectivity index is 5.22. The van der Waals surface area contributed by atoms with Crippen LogP contribution in [-0.4, -0.2) is 96.7 Å². The Kier molecular flexibility index (Phi) is 71.2. The zero-order valence-electron chi connectivity index (χ0n) is 65.5. The molecule has 0 aliphatic carbocycles. The van der Waals surface area contributed by atoms with Crippen molar-refractivity contribution in [3.63, 3.8) is 0 Å². The van der Waals surface area contributed by atoms with Crippen LogP contribution in [0.5, 0.6) is 0 Å². The minimum atomic E-state index is -4.96. The van der Waals surface area contributed by atoms with Crippen LogP contribution in [0.4, 0.5) is 0 Å². The van der Waals surface area contributed by atoms with Gasteiger partial charge in [-0.2, -0.15) is 0 Å². The normalized spacial score (nSPS) is 14.2. The third-order valence-electron chi connectivity index (χ3n) is 19.3. The number of unbranched alkanes of at least 4 members (excludes halogenated alkanes) is 49. The largest absolute Gasteiger partial charge is 0.472 e. The highest BCUT2D eigenvalue weighted by Crippen LogP contribution is 2.45. The van der Waals surface area contributed by atoms with Crippen molar-refractivity contribution >= 4 is 39.5 Å².